The van der Waals surface area contributed by atoms with Crippen molar-refractivity contribution in [1.82, 2.24) is 3.80 Å². The Balaban J connectivity index is 4.65. The fourth-order valence-electron chi connectivity index (χ4n) is 1.86. The van der Waals surface area contributed by atoms with Gasteiger partial charge in [-0.3, -0.25) is 0 Å². The van der Waals surface area contributed by atoms with Gasteiger partial charge in [-0.1, -0.05) is 0 Å². The molecule has 0 bridgehead atoms. The molecule has 81 valence electrons. The fraction of sp³-hybridized carbons (Fsp3) is 1.00. The van der Waals surface area contributed by atoms with E-state index in [1.807, 2.05) is 0 Å². The normalized spacial score (nSPS) is 15.8. The molecular weight excluding hydrogens is 202 g/mol. The zero-order chi connectivity index (χ0) is 10.6. The molecule has 0 saturated carbocycles. The molecule has 0 aromatic heterocycles. The Morgan fingerprint density at radius 1 is 1.23 bits per heavy atom. The Morgan fingerprint density at radius 2 is 1.69 bits per heavy atom. The summed E-state index contributed by atoms with van der Waals surface area (Å²) < 4.78 is 15.8. The Bertz CT molecular complexity index is 158. The molecule has 0 saturated heterocycles. The van der Waals surface area contributed by atoms with Crippen LogP contribution in [0.4, 0.5) is 0 Å². The summed E-state index contributed by atoms with van der Waals surface area (Å²) in [4.78, 5) is 0. The van der Waals surface area contributed by atoms with E-state index < -0.39 is 16.3 Å². The van der Waals surface area contributed by atoms with Crippen LogP contribution in [-0.2, 0) is 23.0 Å². The number of nitrogens with one attached hydrogen (secondary N) is 1. The van der Waals surface area contributed by atoms with Gasteiger partial charge in [0, 0.05) is 0 Å². The van der Waals surface area contributed by atoms with Gasteiger partial charge in [0.2, 0.25) is 0 Å². The van der Waals surface area contributed by atoms with Crippen LogP contribution in [-0.4, -0.2) is 20.8 Å². The SMILES string of the molecule is CC[NH][Ti]([CH3])([CH2]C(C)C)([O]C)[O]C. The third-order valence-corrected chi connectivity index (χ3v) is 10.6. The summed E-state index contributed by atoms with van der Waals surface area (Å²) in [6.07, 6.45) is 0. The van der Waals surface area contributed by atoms with E-state index in [2.05, 4.69) is 29.8 Å². The maximum absolute atomic E-state index is 5.68. The zero-order valence-electron chi connectivity index (χ0n) is 9.81. The van der Waals surface area contributed by atoms with Gasteiger partial charge in [0.05, 0.1) is 0 Å². The van der Waals surface area contributed by atoms with Crippen LogP contribution < -0.4 is 3.80 Å². The summed E-state index contributed by atoms with van der Waals surface area (Å²) in [5, 5.41) is 2.14. The van der Waals surface area contributed by atoms with Gasteiger partial charge in [-0.05, 0) is 0 Å². The molecule has 0 rings (SSSR count). The van der Waals surface area contributed by atoms with Gasteiger partial charge in [-0.25, -0.2) is 0 Å². The zero-order valence-corrected chi connectivity index (χ0v) is 11.4. The molecule has 0 fully saturated rings. The van der Waals surface area contributed by atoms with Crippen LogP contribution in [0.25, 0.3) is 0 Å². The molecule has 0 spiro atoms. The van der Waals surface area contributed by atoms with Crippen LogP contribution in [0.5, 0.6) is 0 Å². The van der Waals surface area contributed by atoms with Crippen molar-refractivity contribution in [2.45, 2.75) is 30.7 Å². The molecule has 0 atom stereocenters. The van der Waals surface area contributed by atoms with Crippen LogP contribution in [0.3, 0.4) is 0 Å². The summed E-state index contributed by atoms with van der Waals surface area (Å²) in [5.74, 6) is 0.598. The molecule has 0 aliphatic carbocycles. The molecular formula is C9H24NO2Ti. The molecule has 0 unspecified atom stereocenters. The van der Waals surface area contributed by atoms with Gasteiger partial charge < -0.3 is 0 Å². The Morgan fingerprint density at radius 3 is 1.92 bits per heavy atom. The third-order valence-electron chi connectivity index (χ3n) is 2.57. The van der Waals surface area contributed by atoms with Gasteiger partial charge in [0.15, 0.2) is 0 Å². The van der Waals surface area contributed by atoms with E-state index in [0.717, 1.165) is 11.3 Å². The molecule has 0 amide bonds. The van der Waals surface area contributed by atoms with Crippen molar-refractivity contribution < 1.29 is 23.0 Å². The molecule has 13 heavy (non-hydrogen) atoms. The standard InChI is InChI=1S/C4H9.C2H6N.2CH3O.CH3.Ti/c1-4(2)3;1-2-3;2*1-2;;/h4H,1H2,2-3H3;3H,2H2,1H3;2*1H3;1H3;/q;3*-1;;+3. The fourth-order valence-corrected chi connectivity index (χ4v) is 7.66. The molecule has 0 aromatic carbocycles. The van der Waals surface area contributed by atoms with Crippen molar-refractivity contribution in [3.05, 3.63) is 0 Å². The van der Waals surface area contributed by atoms with Gasteiger partial charge >= 0.3 is 84.2 Å². The molecule has 3 nitrogen and oxygen atoms in total. The minimum atomic E-state index is -3.23. The maximum atomic E-state index is 5.68. The number of hydrogen-bond acceptors (Lipinski definition) is 3. The van der Waals surface area contributed by atoms with Crippen LogP contribution in [0, 0.1) is 5.92 Å². The molecule has 0 aromatic rings. The molecule has 0 radical (unpaired) electrons. The van der Waals surface area contributed by atoms with E-state index in [-0.39, 0.29) is 0 Å². The quantitative estimate of drug-likeness (QED) is 0.705. The second-order valence-electron chi connectivity index (χ2n) is 4.30. The summed E-state index contributed by atoms with van der Waals surface area (Å²) in [6.45, 7) is 7.39. The van der Waals surface area contributed by atoms with Crippen LogP contribution in [0.15, 0.2) is 0 Å². The van der Waals surface area contributed by atoms with Crippen molar-refractivity contribution in [3.63, 3.8) is 0 Å². The molecule has 0 aliphatic rings. The summed E-state index contributed by atoms with van der Waals surface area (Å²) >= 11 is -3.23. The second kappa shape index (κ2) is 4.90. The van der Waals surface area contributed by atoms with Crippen molar-refractivity contribution in [2.24, 2.45) is 5.92 Å². The van der Waals surface area contributed by atoms with Gasteiger partial charge in [0.25, 0.3) is 0 Å². The Hall–Kier alpha value is 0.594. The van der Waals surface area contributed by atoms with E-state index in [1.54, 1.807) is 14.2 Å². The predicted molar refractivity (Wildman–Crippen MR) is 53.2 cm³/mol. The van der Waals surface area contributed by atoms with E-state index in [0.29, 0.717) is 5.92 Å². The molecule has 0 aliphatic heterocycles. The van der Waals surface area contributed by atoms with E-state index in [9.17, 15) is 0 Å². The summed E-state index contributed by atoms with van der Waals surface area (Å²) in [5.41, 5.74) is 0. The molecule has 4 heteroatoms. The Labute approximate surface area is 84.3 Å². The van der Waals surface area contributed by atoms with E-state index in [4.69, 9.17) is 6.64 Å². The molecule has 0 heterocycles. The topological polar surface area (TPSA) is 30.5 Å². The average molecular weight is 226 g/mol. The number of rotatable bonds is 6. The van der Waals surface area contributed by atoms with Crippen LogP contribution >= 0.6 is 0 Å². The van der Waals surface area contributed by atoms with Crippen molar-refractivity contribution in [2.75, 3.05) is 20.8 Å². The van der Waals surface area contributed by atoms with Crippen molar-refractivity contribution >= 4 is 0 Å². The third kappa shape index (κ3) is 3.68. The van der Waals surface area contributed by atoms with Gasteiger partial charge in [-0.2, -0.15) is 0 Å². The summed E-state index contributed by atoms with van der Waals surface area (Å²) in [7, 11) is 3.51. The monoisotopic (exact) mass is 226 g/mol. The first-order valence-electron chi connectivity index (χ1n) is 4.95. The van der Waals surface area contributed by atoms with Crippen LogP contribution in [0.2, 0.25) is 9.95 Å². The van der Waals surface area contributed by atoms with Gasteiger partial charge in [0.1, 0.15) is 0 Å². The van der Waals surface area contributed by atoms with E-state index >= 15 is 0 Å². The van der Waals surface area contributed by atoms with E-state index in [1.165, 1.54) is 0 Å². The number of hydrogen-bond donors (Lipinski definition) is 1. The minimum absolute atomic E-state index is 0.598. The summed E-state index contributed by atoms with van der Waals surface area (Å²) in [6, 6.07) is 0. The van der Waals surface area contributed by atoms with Crippen LogP contribution in [0.1, 0.15) is 20.8 Å². The first kappa shape index (κ1) is 13.6. The first-order valence-corrected chi connectivity index (χ1v) is 9.67. The molecule has 1 N–H and O–H groups in total. The Kier molecular flexibility index (Phi) is 5.12. The second-order valence-corrected chi connectivity index (χ2v) is 12.3. The average Bonchev–Trinajstić information content (AvgIpc) is 2.04. The predicted octanol–water partition coefficient (Wildman–Crippen LogP) is 2.45. The van der Waals surface area contributed by atoms with Crippen molar-refractivity contribution in [3.8, 4) is 0 Å². The van der Waals surface area contributed by atoms with Crippen molar-refractivity contribution in [1.29, 1.82) is 0 Å². The van der Waals surface area contributed by atoms with Gasteiger partial charge in [-0.15, -0.1) is 0 Å². The first-order chi connectivity index (χ1) is 5.90.